The van der Waals surface area contributed by atoms with E-state index in [4.69, 9.17) is 16.3 Å². The van der Waals surface area contributed by atoms with E-state index in [1.165, 1.54) is 6.07 Å². The molecule has 5 heteroatoms. The molecule has 4 nitrogen and oxygen atoms in total. The summed E-state index contributed by atoms with van der Waals surface area (Å²) in [5, 5.41) is 11.1. The van der Waals surface area contributed by atoms with E-state index in [1.807, 2.05) is 47.9 Å². The second-order valence-corrected chi connectivity index (χ2v) is 6.53. The lowest BCUT2D eigenvalue weighted by Crippen LogP contribution is -2.17. The molecule has 0 aliphatic heterocycles. The first-order valence-electron chi connectivity index (χ1n) is 8.35. The van der Waals surface area contributed by atoms with Crippen LogP contribution in [0.1, 0.15) is 22.9 Å². The quantitative estimate of drug-likeness (QED) is 0.711. The van der Waals surface area contributed by atoms with Gasteiger partial charge in [-0.2, -0.15) is 0 Å². The Bertz CT molecular complexity index is 937. The predicted octanol–water partition coefficient (Wildman–Crippen LogP) is 4.12. The molecule has 26 heavy (non-hydrogen) atoms. The number of aromatic nitrogens is 1. The smallest absolute Gasteiger partial charge is 0.223 e. The van der Waals surface area contributed by atoms with Gasteiger partial charge in [0, 0.05) is 17.3 Å². The number of rotatable bonds is 6. The molecule has 0 spiro atoms. The van der Waals surface area contributed by atoms with Crippen LogP contribution in [0.5, 0.6) is 5.75 Å². The van der Waals surface area contributed by atoms with Crippen LogP contribution in [0.25, 0.3) is 0 Å². The monoisotopic (exact) mass is 369 g/mol. The lowest BCUT2D eigenvalue weighted by molar-refractivity contribution is 0.154. The molecule has 1 atom stereocenters. The molecule has 0 radical (unpaired) electrons. The van der Waals surface area contributed by atoms with Crippen LogP contribution in [0.3, 0.4) is 0 Å². The molecule has 0 unspecified atom stereocenters. The molecule has 0 amide bonds. The summed E-state index contributed by atoms with van der Waals surface area (Å²) in [5.41, 5.74) is 2.21. The Labute approximate surface area is 157 Å². The molecule has 0 fully saturated rings. The molecule has 0 aliphatic rings. The molecule has 1 aromatic heterocycles. The van der Waals surface area contributed by atoms with E-state index < -0.39 is 6.10 Å². The van der Waals surface area contributed by atoms with Crippen molar-refractivity contribution < 1.29 is 9.84 Å². The molecular formula is C21H20ClNO3. The van der Waals surface area contributed by atoms with Gasteiger partial charge in [0.2, 0.25) is 5.43 Å². The second-order valence-electron chi connectivity index (χ2n) is 6.09. The van der Waals surface area contributed by atoms with Gasteiger partial charge < -0.3 is 14.4 Å². The summed E-state index contributed by atoms with van der Waals surface area (Å²) >= 11 is 5.99. The number of benzene rings is 2. The van der Waals surface area contributed by atoms with Gasteiger partial charge in [0.15, 0.2) is 5.75 Å². The molecule has 3 aromatic rings. The van der Waals surface area contributed by atoms with Crippen molar-refractivity contribution in [2.75, 3.05) is 0 Å². The zero-order valence-corrected chi connectivity index (χ0v) is 15.2. The number of aliphatic hydroxyl groups is 1. The van der Waals surface area contributed by atoms with Crippen LogP contribution < -0.4 is 10.2 Å². The van der Waals surface area contributed by atoms with E-state index >= 15 is 0 Å². The fourth-order valence-corrected chi connectivity index (χ4v) is 2.96. The lowest BCUT2D eigenvalue weighted by Gasteiger charge is -2.18. The molecule has 0 bridgehead atoms. The topological polar surface area (TPSA) is 51.5 Å². The average Bonchev–Trinajstić information content (AvgIpc) is 2.65. The Morgan fingerprint density at radius 1 is 1.12 bits per heavy atom. The fraction of sp³-hybridized carbons (Fsp3) is 0.190. The number of hydrogen-bond acceptors (Lipinski definition) is 3. The molecule has 2 aromatic carbocycles. The maximum absolute atomic E-state index is 12.2. The van der Waals surface area contributed by atoms with Crippen LogP contribution in [0.15, 0.2) is 71.7 Å². The van der Waals surface area contributed by atoms with Crippen LogP contribution in [-0.4, -0.2) is 9.67 Å². The Balaban J connectivity index is 1.79. The molecule has 3 rings (SSSR count). The maximum atomic E-state index is 12.2. The molecular weight excluding hydrogens is 350 g/mol. The molecule has 134 valence electrons. The SMILES string of the molecule is Cc1c(OCc2ccccc2)c(=O)ccn1C[C@H](O)c1cccc(Cl)c1. The summed E-state index contributed by atoms with van der Waals surface area (Å²) < 4.78 is 7.58. The van der Waals surface area contributed by atoms with Gasteiger partial charge in [0.1, 0.15) is 6.61 Å². The summed E-state index contributed by atoms with van der Waals surface area (Å²) in [6.45, 7) is 2.43. The first kappa shape index (κ1) is 18.2. The standard InChI is InChI=1S/C21H20ClNO3/c1-15-21(26-14-16-6-3-2-4-7-16)19(24)10-11-23(15)13-20(25)17-8-5-9-18(22)12-17/h2-12,20,25H,13-14H2,1H3/t20-/m0/s1. The van der Waals surface area contributed by atoms with E-state index in [0.29, 0.717) is 29.6 Å². The van der Waals surface area contributed by atoms with Gasteiger partial charge in [-0.15, -0.1) is 0 Å². The summed E-state index contributed by atoms with van der Waals surface area (Å²) in [7, 11) is 0. The van der Waals surface area contributed by atoms with Crippen molar-refractivity contribution >= 4 is 11.6 Å². The summed E-state index contributed by atoms with van der Waals surface area (Å²) in [5.74, 6) is 0.301. The summed E-state index contributed by atoms with van der Waals surface area (Å²) in [6.07, 6.45) is 0.928. The van der Waals surface area contributed by atoms with Gasteiger partial charge >= 0.3 is 0 Å². The highest BCUT2D eigenvalue weighted by atomic mass is 35.5. The van der Waals surface area contributed by atoms with E-state index in [1.54, 1.807) is 24.4 Å². The molecule has 1 N–H and O–H groups in total. The summed E-state index contributed by atoms with van der Waals surface area (Å²) in [6, 6.07) is 18.2. The van der Waals surface area contributed by atoms with E-state index in [0.717, 1.165) is 11.1 Å². The van der Waals surface area contributed by atoms with Crippen LogP contribution in [-0.2, 0) is 13.2 Å². The van der Waals surface area contributed by atoms with Crippen LogP contribution >= 0.6 is 11.6 Å². The largest absolute Gasteiger partial charge is 0.483 e. The molecule has 0 saturated heterocycles. The molecule has 0 aliphatic carbocycles. The van der Waals surface area contributed by atoms with Gasteiger partial charge in [0.25, 0.3) is 0 Å². The Hall–Kier alpha value is -2.56. The number of hydrogen-bond donors (Lipinski definition) is 1. The molecule has 1 heterocycles. The van der Waals surface area contributed by atoms with Crippen molar-refractivity contribution in [3.8, 4) is 5.75 Å². The van der Waals surface area contributed by atoms with Gasteiger partial charge in [-0.25, -0.2) is 0 Å². The Morgan fingerprint density at radius 3 is 2.62 bits per heavy atom. The van der Waals surface area contributed by atoms with Crippen LogP contribution in [0.2, 0.25) is 5.02 Å². The highest BCUT2D eigenvalue weighted by Crippen LogP contribution is 2.21. The van der Waals surface area contributed by atoms with E-state index in [-0.39, 0.29) is 5.43 Å². The van der Waals surface area contributed by atoms with Crippen LogP contribution in [0, 0.1) is 6.92 Å². The zero-order valence-electron chi connectivity index (χ0n) is 14.4. The van der Waals surface area contributed by atoms with Crippen molar-refractivity contribution in [3.05, 3.63) is 98.9 Å². The van der Waals surface area contributed by atoms with Gasteiger partial charge in [0.05, 0.1) is 18.3 Å². The van der Waals surface area contributed by atoms with Gasteiger partial charge in [-0.3, -0.25) is 4.79 Å². The number of aliphatic hydroxyl groups excluding tert-OH is 1. The highest BCUT2D eigenvalue weighted by Gasteiger charge is 2.13. The van der Waals surface area contributed by atoms with Crippen molar-refractivity contribution in [1.29, 1.82) is 0 Å². The highest BCUT2D eigenvalue weighted by molar-refractivity contribution is 6.30. The third kappa shape index (κ3) is 4.34. The Kier molecular flexibility index (Phi) is 5.76. The van der Waals surface area contributed by atoms with Gasteiger partial charge in [-0.1, -0.05) is 54.1 Å². The second kappa shape index (κ2) is 8.21. The van der Waals surface area contributed by atoms with Gasteiger partial charge in [-0.05, 0) is 30.2 Å². The third-order valence-corrected chi connectivity index (χ3v) is 4.45. The van der Waals surface area contributed by atoms with E-state index in [2.05, 4.69) is 0 Å². The molecule has 0 saturated carbocycles. The minimum absolute atomic E-state index is 0.174. The normalized spacial score (nSPS) is 12.0. The van der Waals surface area contributed by atoms with Crippen molar-refractivity contribution in [3.63, 3.8) is 0 Å². The minimum Gasteiger partial charge on any atom is -0.483 e. The number of pyridine rings is 1. The minimum atomic E-state index is -0.739. The van der Waals surface area contributed by atoms with Crippen molar-refractivity contribution in [2.24, 2.45) is 0 Å². The van der Waals surface area contributed by atoms with Crippen LogP contribution in [0.4, 0.5) is 0 Å². The third-order valence-electron chi connectivity index (χ3n) is 4.22. The average molecular weight is 370 g/mol. The first-order chi connectivity index (χ1) is 12.5. The number of halogens is 1. The lowest BCUT2D eigenvalue weighted by atomic mass is 10.1. The van der Waals surface area contributed by atoms with Crippen molar-refractivity contribution in [1.82, 2.24) is 4.57 Å². The number of ether oxygens (including phenoxy) is 1. The first-order valence-corrected chi connectivity index (χ1v) is 8.72. The van der Waals surface area contributed by atoms with E-state index in [9.17, 15) is 9.90 Å². The fourth-order valence-electron chi connectivity index (χ4n) is 2.76. The maximum Gasteiger partial charge on any atom is 0.223 e. The zero-order chi connectivity index (χ0) is 18.5. The Morgan fingerprint density at radius 2 is 1.88 bits per heavy atom. The predicted molar refractivity (Wildman–Crippen MR) is 103 cm³/mol. The van der Waals surface area contributed by atoms with Crippen molar-refractivity contribution in [2.45, 2.75) is 26.2 Å². The number of nitrogens with zero attached hydrogens (tertiary/aromatic N) is 1. The summed E-state index contributed by atoms with van der Waals surface area (Å²) in [4.78, 5) is 12.2.